The summed E-state index contributed by atoms with van der Waals surface area (Å²) in [7, 11) is 0. The van der Waals surface area contributed by atoms with Crippen LogP contribution in [0.4, 0.5) is 0 Å². The lowest BCUT2D eigenvalue weighted by molar-refractivity contribution is 0.841. The summed E-state index contributed by atoms with van der Waals surface area (Å²) in [6.07, 6.45) is 2.18. The van der Waals surface area contributed by atoms with Gasteiger partial charge >= 0.3 is 0 Å². The predicted octanol–water partition coefficient (Wildman–Crippen LogP) is 2.95. The summed E-state index contributed by atoms with van der Waals surface area (Å²) < 4.78 is 1.13. The third kappa shape index (κ3) is 3.34. The summed E-state index contributed by atoms with van der Waals surface area (Å²) in [4.78, 5) is 11.6. The zero-order valence-electron chi connectivity index (χ0n) is 10.1. The predicted molar refractivity (Wildman–Crippen MR) is 76.9 cm³/mol. The number of benzene rings is 1. The number of aromatic nitrogens is 2. The van der Waals surface area contributed by atoms with E-state index in [4.69, 9.17) is 11.6 Å². The molecule has 0 spiro atoms. The van der Waals surface area contributed by atoms with Crippen LogP contribution in [0, 0.1) is 12.0 Å². The van der Waals surface area contributed by atoms with E-state index < -0.39 is 0 Å². The van der Waals surface area contributed by atoms with Gasteiger partial charge in [-0.25, -0.2) is 0 Å². The first-order valence-electron chi connectivity index (χ1n) is 5.67. The van der Waals surface area contributed by atoms with Crippen molar-refractivity contribution in [3.05, 3.63) is 64.4 Å². The summed E-state index contributed by atoms with van der Waals surface area (Å²) in [5.41, 5.74) is 1.29. The van der Waals surface area contributed by atoms with Gasteiger partial charge in [-0.15, -0.1) is 6.58 Å². The van der Waals surface area contributed by atoms with Crippen molar-refractivity contribution in [2.75, 3.05) is 0 Å². The highest BCUT2D eigenvalue weighted by Gasteiger charge is 2.01. The minimum Gasteiger partial charge on any atom is -0.267 e. The molecule has 0 unspecified atom stereocenters. The molecule has 0 radical (unpaired) electrons. The van der Waals surface area contributed by atoms with Crippen LogP contribution in [-0.4, -0.2) is 9.78 Å². The third-order valence-electron chi connectivity index (χ3n) is 2.37. The first-order chi connectivity index (χ1) is 9.20. The quantitative estimate of drug-likeness (QED) is 0.621. The Bertz CT molecular complexity index is 705. The molecule has 0 bridgehead atoms. The Kier molecular flexibility index (Phi) is 4.17. The number of hydrogen-bond donors (Lipinski definition) is 0. The Hall–Kier alpha value is -2.31. The van der Waals surface area contributed by atoms with E-state index in [9.17, 15) is 4.79 Å². The fourth-order valence-corrected chi connectivity index (χ4v) is 1.58. The highest BCUT2D eigenvalue weighted by molar-refractivity contribution is 6.30. The Morgan fingerprint density at radius 2 is 2.00 bits per heavy atom. The molecule has 1 heterocycles. The minimum absolute atomic E-state index is 0.255. The summed E-state index contributed by atoms with van der Waals surface area (Å²) in [6.45, 7) is 3.56. The lowest BCUT2D eigenvalue weighted by Crippen LogP contribution is -2.18. The highest BCUT2D eigenvalue weighted by Crippen LogP contribution is 2.18. The van der Waals surface area contributed by atoms with E-state index >= 15 is 0 Å². The van der Waals surface area contributed by atoms with Crippen LogP contribution in [0.2, 0.25) is 5.02 Å². The van der Waals surface area contributed by atoms with Crippen molar-refractivity contribution in [1.82, 2.24) is 9.78 Å². The second kappa shape index (κ2) is 6.03. The van der Waals surface area contributed by atoms with Gasteiger partial charge < -0.3 is 0 Å². The monoisotopic (exact) mass is 270 g/mol. The van der Waals surface area contributed by atoms with Crippen LogP contribution in [0.3, 0.4) is 0 Å². The van der Waals surface area contributed by atoms with Crippen molar-refractivity contribution in [2.24, 2.45) is 0 Å². The summed E-state index contributed by atoms with van der Waals surface area (Å²) >= 11 is 5.83. The van der Waals surface area contributed by atoms with Crippen molar-refractivity contribution < 1.29 is 0 Å². The van der Waals surface area contributed by atoms with E-state index in [0.717, 1.165) is 10.2 Å². The Balaban J connectivity index is 2.41. The number of hydrogen-bond acceptors (Lipinski definition) is 2. The molecule has 0 saturated heterocycles. The molecule has 0 amide bonds. The lowest BCUT2D eigenvalue weighted by Gasteiger charge is -2.01. The summed E-state index contributed by atoms with van der Waals surface area (Å²) in [6, 6.07) is 13.0. The van der Waals surface area contributed by atoms with Crippen LogP contribution < -0.4 is 5.56 Å². The normalized spacial score (nSPS) is 9.53. The van der Waals surface area contributed by atoms with Crippen LogP contribution in [0.1, 0.15) is 6.42 Å². The molecule has 0 aliphatic carbocycles. The Morgan fingerprint density at radius 3 is 2.68 bits per heavy atom. The fourth-order valence-electron chi connectivity index (χ4n) is 1.46. The molecule has 19 heavy (non-hydrogen) atoms. The topological polar surface area (TPSA) is 34.9 Å². The number of allylic oxidation sites excluding steroid dienone is 1. The molecule has 2 aromatic rings. The van der Waals surface area contributed by atoms with E-state index in [1.807, 2.05) is 12.1 Å². The van der Waals surface area contributed by atoms with Gasteiger partial charge in [0.05, 0.1) is 5.69 Å². The van der Waals surface area contributed by atoms with E-state index in [-0.39, 0.29) is 5.56 Å². The average molecular weight is 271 g/mol. The largest absolute Gasteiger partial charge is 0.279 e. The zero-order chi connectivity index (χ0) is 13.7. The molecular formula is C15H11ClN2O. The van der Waals surface area contributed by atoms with Gasteiger partial charge in [0.2, 0.25) is 0 Å². The van der Waals surface area contributed by atoms with Crippen molar-refractivity contribution in [1.29, 1.82) is 0 Å². The third-order valence-corrected chi connectivity index (χ3v) is 2.62. The second-order valence-electron chi connectivity index (χ2n) is 3.76. The van der Waals surface area contributed by atoms with Gasteiger partial charge in [0.25, 0.3) is 5.56 Å². The molecule has 0 aliphatic heterocycles. The van der Waals surface area contributed by atoms with Gasteiger partial charge in [-0.1, -0.05) is 35.7 Å². The molecule has 0 aliphatic rings. The molecule has 2 rings (SSSR count). The van der Waals surface area contributed by atoms with Crippen LogP contribution in [0.15, 0.2) is 53.8 Å². The molecule has 0 atom stereocenters. The minimum atomic E-state index is -0.255. The first kappa shape index (κ1) is 13.1. The standard InChI is InChI=1S/C15H11ClN2O/c1-2-3-4-11-18-15(19)10-9-14(17-18)12-5-7-13(16)8-6-12/h2,5-10H,1,3H2. The van der Waals surface area contributed by atoms with E-state index in [0.29, 0.717) is 17.1 Å². The molecular weight excluding hydrogens is 260 g/mol. The molecule has 0 N–H and O–H groups in total. The van der Waals surface area contributed by atoms with E-state index in [2.05, 4.69) is 23.6 Å². The Labute approximate surface area is 116 Å². The van der Waals surface area contributed by atoms with Gasteiger partial charge in [-0.3, -0.25) is 4.79 Å². The lowest BCUT2D eigenvalue weighted by atomic mass is 10.1. The molecule has 1 aromatic heterocycles. The van der Waals surface area contributed by atoms with Crippen molar-refractivity contribution in [3.8, 4) is 23.2 Å². The first-order valence-corrected chi connectivity index (χ1v) is 6.04. The van der Waals surface area contributed by atoms with Crippen molar-refractivity contribution in [2.45, 2.75) is 6.42 Å². The maximum Gasteiger partial charge on any atom is 0.279 e. The van der Waals surface area contributed by atoms with Crippen molar-refractivity contribution in [3.63, 3.8) is 0 Å². The number of rotatable bonds is 2. The second-order valence-corrected chi connectivity index (χ2v) is 4.19. The fraction of sp³-hybridized carbons (Fsp3) is 0.0667. The number of halogens is 1. The molecule has 4 heteroatoms. The van der Waals surface area contributed by atoms with Crippen LogP contribution in [-0.2, 0) is 0 Å². The highest BCUT2D eigenvalue weighted by atomic mass is 35.5. The van der Waals surface area contributed by atoms with Gasteiger partial charge in [-0.05, 0) is 18.2 Å². The van der Waals surface area contributed by atoms with Crippen LogP contribution in [0.5, 0.6) is 0 Å². The molecule has 0 saturated carbocycles. The Morgan fingerprint density at radius 1 is 1.26 bits per heavy atom. The summed E-state index contributed by atoms with van der Waals surface area (Å²) in [5.74, 6) is 2.79. The average Bonchev–Trinajstić information content (AvgIpc) is 2.42. The maximum atomic E-state index is 11.6. The smallest absolute Gasteiger partial charge is 0.267 e. The van der Waals surface area contributed by atoms with Gasteiger partial charge in [0.15, 0.2) is 0 Å². The molecule has 1 aromatic carbocycles. The molecule has 94 valence electrons. The van der Waals surface area contributed by atoms with Crippen molar-refractivity contribution >= 4 is 11.6 Å². The van der Waals surface area contributed by atoms with Gasteiger partial charge in [0, 0.05) is 29.1 Å². The van der Waals surface area contributed by atoms with E-state index in [1.165, 1.54) is 6.07 Å². The number of nitrogens with zero attached hydrogens (tertiary/aromatic N) is 2. The van der Waals surface area contributed by atoms with Gasteiger partial charge in [-0.2, -0.15) is 9.78 Å². The van der Waals surface area contributed by atoms with Gasteiger partial charge in [0.1, 0.15) is 0 Å². The zero-order valence-corrected chi connectivity index (χ0v) is 10.9. The molecule has 3 nitrogen and oxygen atoms in total. The molecule has 0 fully saturated rings. The summed E-state index contributed by atoms with van der Waals surface area (Å²) in [5, 5.41) is 4.85. The van der Waals surface area contributed by atoms with Crippen LogP contribution in [0.25, 0.3) is 11.3 Å². The van der Waals surface area contributed by atoms with E-state index in [1.54, 1.807) is 24.3 Å². The van der Waals surface area contributed by atoms with Crippen LogP contribution >= 0.6 is 11.6 Å². The SMILES string of the molecule is C=CCC#Cn1nc(-c2ccc(Cl)cc2)ccc1=O. The maximum absolute atomic E-state index is 11.6.